The zero-order chi connectivity index (χ0) is 17.1. The number of hydrogen-bond donors (Lipinski definition) is 2. The molecule has 0 aliphatic carbocycles. The predicted octanol–water partition coefficient (Wildman–Crippen LogP) is 1.16. The third-order valence-corrected chi connectivity index (χ3v) is 4.31. The molecule has 1 aromatic heterocycles. The molecule has 8 nitrogen and oxygen atoms in total. The zero-order valence-corrected chi connectivity index (χ0v) is 13.4. The summed E-state index contributed by atoms with van der Waals surface area (Å²) in [7, 11) is 1.36. The highest BCUT2D eigenvalue weighted by atomic mass is 16.5. The summed E-state index contributed by atoms with van der Waals surface area (Å²) in [5, 5.41) is 17.5. The molecule has 2 aromatic rings. The Morgan fingerprint density at radius 3 is 3.04 bits per heavy atom. The van der Waals surface area contributed by atoms with E-state index in [1.54, 1.807) is 18.3 Å². The van der Waals surface area contributed by atoms with E-state index in [4.69, 9.17) is 9.84 Å². The number of ether oxygens (including phenoxy) is 1. The number of aromatic nitrogens is 2. The molecule has 1 aliphatic rings. The molecule has 0 bridgehead atoms. The molecule has 2 N–H and O–H groups in total. The zero-order valence-electron chi connectivity index (χ0n) is 13.4. The van der Waals surface area contributed by atoms with Gasteiger partial charge in [-0.25, -0.2) is 9.59 Å². The van der Waals surface area contributed by atoms with Crippen molar-refractivity contribution in [3.8, 4) is 0 Å². The molecule has 1 aliphatic heterocycles. The second-order valence-corrected chi connectivity index (χ2v) is 5.77. The number of hydrogen-bond acceptors (Lipinski definition) is 5. The van der Waals surface area contributed by atoms with E-state index in [-0.39, 0.29) is 12.0 Å². The first-order chi connectivity index (χ1) is 11.6. The first-order valence-corrected chi connectivity index (χ1v) is 7.84. The average molecular weight is 332 g/mol. The van der Waals surface area contributed by atoms with Crippen molar-refractivity contribution in [3.05, 3.63) is 30.0 Å². The SMILES string of the molecule is COC(=O)c1cccc2c1cnn2CC[C@@H]1CN(C(=O)O)CCN1. The second-order valence-electron chi connectivity index (χ2n) is 5.77. The summed E-state index contributed by atoms with van der Waals surface area (Å²) in [6.45, 7) is 2.28. The van der Waals surface area contributed by atoms with Gasteiger partial charge < -0.3 is 20.1 Å². The number of fused-ring (bicyclic) bond motifs is 1. The van der Waals surface area contributed by atoms with E-state index in [2.05, 4.69) is 10.4 Å². The molecule has 3 rings (SSSR count). The Kier molecular flexibility index (Phi) is 4.66. The van der Waals surface area contributed by atoms with Crippen LogP contribution in [0.15, 0.2) is 24.4 Å². The van der Waals surface area contributed by atoms with Crippen LogP contribution in [0, 0.1) is 0 Å². The van der Waals surface area contributed by atoms with Crippen molar-refractivity contribution in [2.24, 2.45) is 0 Å². The second kappa shape index (κ2) is 6.88. The topological polar surface area (TPSA) is 96.7 Å². The Labute approximate surface area is 139 Å². The van der Waals surface area contributed by atoms with Gasteiger partial charge in [-0.3, -0.25) is 4.68 Å². The Morgan fingerprint density at radius 2 is 2.29 bits per heavy atom. The van der Waals surface area contributed by atoms with Crippen molar-refractivity contribution in [1.29, 1.82) is 0 Å². The van der Waals surface area contributed by atoms with Gasteiger partial charge in [0.25, 0.3) is 0 Å². The Hall–Kier alpha value is -2.61. The molecule has 0 radical (unpaired) electrons. The van der Waals surface area contributed by atoms with Crippen LogP contribution >= 0.6 is 0 Å². The molecule has 0 unspecified atom stereocenters. The van der Waals surface area contributed by atoms with Gasteiger partial charge in [-0.1, -0.05) is 6.07 Å². The van der Waals surface area contributed by atoms with Crippen molar-refractivity contribution in [3.63, 3.8) is 0 Å². The minimum absolute atomic E-state index is 0.0953. The van der Waals surface area contributed by atoms with Gasteiger partial charge in [-0.05, 0) is 18.6 Å². The third-order valence-electron chi connectivity index (χ3n) is 4.31. The molecule has 128 valence electrons. The number of aryl methyl sites for hydroxylation is 1. The lowest BCUT2D eigenvalue weighted by Crippen LogP contribution is -2.52. The van der Waals surface area contributed by atoms with Crippen molar-refractivity contribution >= 4 is 23.0 Å². The number of carbonyl (C=O) groups excluding carboxylic acids is 1. The standard InChI is InChI=1S/C16H20N4O4/c1-24-15(21)12-3-2-4-14-13(12)9-18-20(14)7-5-11-10-19(16(22)23)8-6-17-11/h2-4,9,11,17H,5-8,10H2,1H3,(H,22,23)/t11-/m1/s1. The van der Waals surface area contributed by atoms with Crippen LogP contribution in [-0.4, -0.2) is 64.6 Å². The van der Waals surface area contributed by atoms with E-state index in [1.807, 2.05) is 10.7 Å². The molecule has 1 amide bonds. The maximum atomic E-state index is 11.8. The molecule has 1 saturated heterocycles. The van der Waals surface area contributed by atoms with E-state index >= 15 is 0 Å². The number of nitrogens with zero attached hydrogens (tertiary/aromatic N) is 3. The summed E-state index contributed by atoms with van der Waals surface area (Å²) in [5.41, 5.74) is 1.36. The highest BCUT2D eigenvalue weighted by molar-refractivity contribution is 6.03. The summed E-state index contributed by atoms with van der Waals surface area (Å²) < 4.78 is 6.63. The fourth-order valence-electron chi connectivity index (χ4n) is 3.04. The molecule has 1 fully saturated rings. The predicted molar refractivity (Wildman–Crippen MR) is 87.1 cm³/mol. The molecule has 0 saturated carbocycles. The lowest BCUT2D eigenvalue weighted by atomic mass is 10.1. The maximum Gasteiger partial charge on any atom is 0.407 e. The number of carboxylic acid groups (broad SMARTS) is 1. The van der Waals surface area contributed by atoms with Crippen molar-refractivity contribution in [2.45, 2.75) is 19.0 Å². The lowest BCUT2D eigenvalue weighted by molar-refractivity contribution is 0.0603. The van der Waals surface area contributed by atoms with Gasteiger partial charge in [-0.2, -0.15) is 5.10 Å². The largest absolute Gasteiger partial charge is 0.465 e. The monoisotopic (exact) mass is 332 g/mol. The number of carbonyl (C=O) groups is 2. The van der Waals surface area contributed by atoms with Crippen molar-refractivity contribution in [1.82, 2.24) is 20.0 Å². The summed E-state index contributed by atoms with van der Waals surface area (Å²) in [6, 6.07) is 5.52. The molecular formula is C16H20N4O4. The number of benzene rings is 1. The molecule has 8 heteroatoms. The number of esters is 1. The first kappa shape index (κ1) is 16.3. The Bertz CT molecular complexity index is 758. The van der Waals surface area contributed by atoms with Crippen molar-refractivity contribution < 1.29 is 19.4 Å². The van der Waals surface area contributed by atoms with Gasteiger partial charge in [0.15, 0.2) is 0 Å². The summed E-state index contributed by atoms with van der Waals surface area (Å²) in [6.07, 6.45) is 1.54. The van der Waals surface area contributed by atoms with Gasteiger partial charge in [0.1, 0.15) is 0 Å². The average Bonchev–Trinajstić information content (AvgIpc) is 3.02. The smallest absolute Gasteiger partial charge is 0.407 e. The minimum atomic E-state index is -0.881. The quantitative estimate of drug-likeness (QED) is 0.816. The van der Waals surface area contributed by atoms with Gasteiger partial charge in [0.2, 0.25) is 0 Å². The summed E-state index contributed by atoms with van der Waals surface area (Å²) in [4.78, 5) is 24.3. The first-order valence-electron chi connectivity index (χ1n) is 7.84. The summed E-state index contributed by atoms with van der Waals surface area (Å²) >= 11 is 0. The fraction of sp³-hybridized carbons (Fsp3) is 0.438. The van der Waals surface area contributed by atoms with E-state index in [0.717, 1.165) is 17.3 Å². The van der Waals surface area contributed by atoms with Crippen LogP contribution < -0.4 is 5.32 Å². The van der Waals surface area contributed by atoms with E-state index in [9.17, 15) is 9.59 Å². The van der Waals surface area contributed by atoms with Crippen LogP contribution in [0.25, 0.3) is 10.9 Å². The highest BCUT2D eigenvalue weighted by Gasteiger charge is 2.22. The van der Waals surface area contributed by atoms with Gasteiger partial charge in [0.05, 0.1) is 24.4 Å². The minimum Gasteiger partial charge on any atom is -0.465 e. The van der Waals surface area contributed by atoms with E-state index in [1.165, 1.54) is 12.0 Å². The third kappa shape index (κ3) is 3.18. The van der Waals surface area contributed by atoms with Crippen LogP contribution in [0.1, 0.15) is 16.8 Å². The van der Waals surface area contributed by atoms with Crippen LogP contribution in [0.2, 0.25) is 0 Å². The van der Waals surface area contributed by atoms with Crippen LogP contribution in [-0.2, 0) is 11.3 Å². The molecule has 0 spiro atoms. The number of methoxy groups -OCH3 is 1. The summed E-state index contributed by atoms with van der Waals surface area (Å²) in [5.74, 6) is -0.383. The fourth-order valence-corrected chi connectivity index (χ4v) is 3.04. The maximum absolute atomic E-state index is 11.8. The molecule has 1 atom stereocenters. The van der Waals surface area contributed by atoms with Gasteiger partial charge >= 0.3 is 12.1 Å². The Balaban J connectivity index is 1.72. The van der Waals surface area contributed by atoms with Crippen LogP contribution in [0.3, 0.4) is 0 Å². The number of nitrogens with one attached hydrogen (secondary N) is 1. The molecule has 1 aromatic carbocycles. The Morgan fingerprint density at radius 1 is 1.46 bits per heavy atom. The number of piperazine rings is 1. The van der Waals surface area contributed by atoms with Crippen molar-refractivity contribution in [2.75, 3.05) is 26.7 Å². The van der Waals surface area contributed by atoms with Gasteiger partial charge in [0, 0.05) is 37.6 Å². The number of amides is 1. The van der Waals surface area contributed by atoms with E-state index < -0.39 is 6.09 Å². The molecule has 2 heterocycles. The van der Waals surface area contributed by atoms with Crippen LogP contribution in [0.5, 0.6) is 0 Å². The number of rotatable bonds is 4. The molecule has 24 heavy (non-hydrogen) atoms. The highest BCUT2D eigenvalue weighted by Crippen LogP contribution is 2.20. The van der Waals surface area contributed by atoms with Gasteiger partial charge in [-0.15, -0.1) is 0 Å². The normalized spacial score (nSPS) is 17.9. The van der Waals surface area contributed by atoms with Crippen LogP contribution in [0.4, 0.5) is 4.79 Å². The molecular weight excluding hydrogens is 312 g/mol. The van der Waals surface area contributed by atoms with E-state index in [0.29, 0.717) is 31.7 Å². The lowest BCUT2D eigenvalue weighted by Gasteiger charge is -2.31.